The van der Waals surface area contributed by atoms with E-state index in [1.54, 1.807) is 36.3 Å². The Kier molecular flexibility index (Phi) is 7.91. The van der Waals surface area contributed by atoms with Crippen molar-refractivity contribution < 1.29 is 23.9 Å². The van der Waals surface area contributed by atoms with Crippen LogP contribution in [0.2, 0.25) is 0 Å². The normalized spacial score (nSPS) is 20.0. The number of hydrogen-bond acceptors (Lipinski definition) is 5. The maximum absolute atomic E-state index is 13.7. The van der Waals surface area contributed by atoms with Crippen LogP contribution < -0.4 is 10.1 Å². The van der Waals surface area contributed by atoms with Crippen LogP contribution in [0.5, 0.6) is 5.75 Å². The number of benzene rings is 1. The number of nitrogens with one attached hydrogen (secondary N) is 1. The van der Waals surface area contributed by atoms with Crippen LogP contribution in [0.1, 0.15) is 64.2 Å². The van der Waals surface area contributed by atoms with Crippen LogP contribution in [0.15, 0.2) is 24.3 Å². The summed E-state index contributed by atoms with van der Waals surface area (Å²) in [6.45, 7) is 11.8. The molecule has 1 atom stereocenters. The smallest absolute Gasteiger partial charge is 0.256 e. The fourth-order valence-electron chi connectivity index (χ4n) is 4.53. The molecule has 0 unspecified atom stereocenters. The Balaban J connectivity index is 1.83. The summed E-state index contributed by atoms with van der Waals surface area (Å²) in [4.78, 5) is 43.0. The van der Waals surface area contributed by atoms with E-state index in [1.165, 1.54) is 0 Å². The highest BCUT2D eigenvalue weighted by Crippen LogP contribution is 2.39. The van der Waals surface area contributed by atoms with Crippen molar-refractivity contribution in [1.82, 2.24) is 15.1 Å². The molecule has 2 aliphatic rings. The molecule has 8 nitrogen and oxygen atoms in total. The van der Waals surface area contributed by atoms with Gasteiger partial charge in [-0.1, -0.05) is 34.6 Å². The van der Waals surface area contributed by atoms with Gasteiger partial charge in [0.2, 0.25) is 11.8 Å². The molecular weight excluding hydrogens is 434 g/mol. The SMILES string of the molecule is COc1ccc(C(=O)N2[C@H](C(=O)NCC(C)C)COC23CCN(C(=O)CC(C)(C)C)CC3)cc1. The third-order valence-electron chi connectivity index (χ3n) is 6.38. The van der Waals surface area contributed by atoms with Gasteiger partial charge in [0.25, 0.3) is 5.91 Å². The fourth-order valence-corrected chi connectivity index (χ4v) is 4.53. The number of carbonyl (C=O) groups is 3. The fraction of sp³-hybridized carbons (Fsp3) is 0.654. The molecule has 2 fully saturated rings. The Morgan fingerprint density at radius 1 is 1.15 bits per heavy atom. The van der Waals surface area contributed by atoms with Crippen LogP contribution >= 0.6 is 0 Å². The van der Waals surface area contributed by atoms with Crippen molar-refractivity contribution in [2.75, 3.05) is 33.4 Å². The van der Waals surface area contributed by atoms with Gasteiger partial charge in [-0.05, 0) is 35.6 Å². The van der Waals surface area contributed by atoms with Crippen molar-refractivity contribution in [3.8, 4) is 5.75 Å². The Morgan fingerprint density at radius 3 is 2.29 bits per heavy atom. The summed E-state index contributed by atoms with van der Waals surface area (Å²) in [7, 11) is 1.57. The molecule has 1 aromatic carbocycles. The highest BCUT2D eigenvalue weighted by atomic mass is 16.5. The van der Waals surface area contributed by atoms with Gasteiger partial charge in [-0.2, -0.15) is 0 Å². The lowest BCUT2D eigenvalue weighted by Gasteiger charge is -2.45. The molecule has 3 amide bonds. The quantitative estimate of drug-likeness (QED) is 0.686. The van der Waals surface area contributed by atoms with Crippen molar-refractivity contribution in [2.45, 2.75) is 65.6 Å². The van der Waals surface area contributed by atoms with Crippen molar-refractivity contribution in [3.63, 3.8) is 0 Å². The number of rotatable bonds is 6. The molecule has 2 heterocycles. The molecular formula is C26H39N3O5. The first-order valence-corrected chi connectivity index (χ1v) is 12.1. The average molecular weight is 474 g/mol. The van der Waals surface area contributed by atoms with Crippen LogP contribution in [0.4, 0.5) is 0 Å². The third-order valence-corrected chi connectivity index (χ3v) is 6.38. The minimum atomic E-state index is -0.907. The molecule has 0 radical (unpaired) electrons. The summed E-state index contributed by atoms with van der Waals surface area (Å²) in [5, 5.41) is 2.96. The minimum absolute atomic E-state index is 0.0912. The van der Waals surface area contributed by atoms with Crippen LogP contribution in [0, 0.1) is 11.3 Å². The second-order valence-electron chi connectivity index (χ2n) is 10.9. The summed E-state index contributed by atoms with van der Waals surface area (Å²) in [6, 6.07) is 6.16. The van der Waals surface area contributed by atoms with Crippen molar-refractivity contribution in [3.05, 3.63) is 29.8 Å². The van der Waals surface area contributed by atoms with Gasteiger partial charge in [0.15, 0.2) is 0 Å². The number of ether oxygens (including phenoxy) is 2. The van der Waals surface area contributed by atoms with Crippen LogP contribution in [-0.4, -0.2) is 72.6 Å². The van der Waals surface area contributed by atoms with Crippen molar-refractivity contribution >= 4 is 17.7 Å². The zero-order valence-corrected chi connectivity index (χ0v) is 21.3. The number of nitrogens with zero attached hydrogens (tertiary/aromatic N) is 2. The average Bonchev–Trinajstić information content (AvgIpc) is 3.14. The number of piperidine rings is 1. The summed E-state index contributed by atoms with van der Waals surface area (Å²) < 4.78 is 11.4. The maximum atomic E-state index is 13.7. The lowest BCUT2D eigenvalue weighted by Crippen LogP contribution is -2.60. The van der Waals surface area contributed by atoms with E-state index in [4.69, 9.17) is 9.47 Å². The Morgan fingerprint density at radius 2 is 1.76 bits per heavy atom. The number of amides is 3. The van der Waals surface area contributed by atoms with Gasteiger partial charge in [-0.3, -0.25) is 19.3 Å². The number of likely N-dealkylation sites (tertiary alicyclic amines) is 1. The highest BCUT2D eigenvalue weighted by molar-refractivity contribution is 5.98. The minimum Gasteiger partial charge on any atom is -0.497 e. The molecule has 2 aliphatic heterocycles. The molecule has 34 heavy (non-hydrogen) atoms. The summed E-state index contributed by atoms with van der Waals surface area (Å²) >= 11 is 0. The molecule has 0 saturated carbocycles. The van der Waals surface area contributed by atoms with Crippen LogP contribution in [0.3, 0.4) is 0 Å². The van der Waals surface area contributed by atoms with E-state index in [0.29, 0.717) is 56.1 Å². The maximum Gasteiger partial charge on any atom is 0.256 e. The summed E-state index contributed by atoms with van der Waals surface area (Å²) in [5.74, 6) is 0.599. The van der Waals surface area contributed by atoms with E-state index in [-0.39, 0.29) is 29.7 Å². The topological polar surface area (TPSA) is 88.2 Å². The molecule has 0 aromatic heterocycles. The first-order valence-electron chi connectivity index (χ1n) is 12.1. The number of methoxy groups -OCH3 is 1. The van der Waals surface area contributed by atoms with Gasteiger partial charge >= 0.3 is 0 Å². The summed E-state index contributed by atoms with van der Waals surface area (Å²) in [6.07, 6.45) is 1.41. The van der Waals surface area contributed by atoms with Gasteiger partial charge in [0, 0.05) is 44.5 Å². The van der Waals surface area contributed by atoms with Crippen LogP contribution in [0.25, 0.3) is 0 Å². The molecule has 3 rings (SSSR count). The predicted octanol–water partition coefficient (Wildman–Crippen LogP) is 3.06. The van der Waals surface area contributed by atoms with Gasteiger partial charge in [-0.15, -0.1) is 0 Å². The number of hydrogen-bond donors (Lipinski definition) is 1. The monoisotopic (exact) mass is 473 g/mol. The largest absolute Gasteiger partial charge is 0.497 e. The van der Waals surface area contributed by atoms with Gasteiger partial charge in [-0.25, -0.2) is 0 Å². The second kappa shape index (κ2) is 10.3. The molecule has 8 heteroatoms. The molecule has 2 saturated heterocycles. The predicted molar refractivity (Wildman–Crippen MR) is 129 cm³/mol. The van der Waals surface area contributed by atoms with E-state index in [1.807, 2.05) is 39.5 Å². The van der Waals surface area contributed by atoms with E-state index in [2.05, 4.69) is 5.32 Å². The molecule has 1 spiro atoms. The van der Waals surface area contributed by atoms with E-state index in [9.17, 15) is 14.4 Å². The lowest BCUT2D eigenvalue weighted by molar-refractivity contribution is -0.145. The van der Waals surface area contributed by atoms with E-state index in [0.717, 1.165) is 0 Å². The highest BCUT2D eigenvalue weighted by Gasteiger charge is 2.54. The number of carbonyl (C=O) groups excluding carboxylic acids is 3. The Bertz CT molecular complexity index is 883. The van der Waals surface area contributed by atoms with Gasteiger partial charge < -0.3 is 19.7 Å². The standard InChI is InChI=1S/C26H39N3O5/c1-18(2)16-27-23(31)21-17-34-26(11-13-28(14-12-26)22(30)15-25(3,4)5)29(21)24(32)19-7-9-20(33-6)10-8-19/h7-10,18,21H,11-17H2,1-6H3,(H,27,31)/t21-/m0/s1. The van der Waals surface area contributed by atoms with Gasteiger partial charge in [0.05, 0.1) is 13.7 Å². The summed E-state index contributed by atoms with van der Waals surface area (Å²) in [5.41, 5.74) is -0.528. The van der Waals surface area contributed by atoms with Crippen molar-refractivity contribution in [2.24, 2.45) is 11.3 Å². The Hall–Kier alpha value is -2.61. The molecule has 1 N–H and O–H groups in total. The molecule has 0 aliphatic carbocycles. The Labute approximate surface area is 202 Å². The van der Waals surface area contributed by atoms with E-state index >= 15 is 0 Å². The second-order valence-corrected chi connectivity index (χ2v) is 10.9. The first-order chi connectivity index (χ1) is 16.0. The van der Waals surface area contributed by atoms with E-state index < -0.39 is 11.8 Å². The zero-order chi connectivity index (χ0) is 25.1. The molecule has 1 aromatic rings. The third kappa shape index (κ3) is 5.90. The molecule has 0 bridgehead atoms. The first kappa shape index (κ1) is 26.0. The van der Waals surface area contributed by atoms with Crippen molar-refractivity contribution in [1.29, 1.82) is 0 Å². The molecule has 188 valence electrons. The zero-order valence-electron chi connectivity index (χ0n) is 21.3. The lowest BCUT2D eigenvalue weighted by atomic mass is 9.90. The van der Waals surface area contributed by atoms with Crippen LogP contribution in [-0.2, 0) is 14.3 Å². The van der Waals surface area contributed by atoms with Gasteiger partial charge in [0.1, 0.15) is 17.5 Å².